The molecule has 0 unspecified atom stereocenters. The van der Waals surface area contributed by atoms with Crippen molar-refractivity contribution in [3.05, 3.63) is 77.9 Å². The average Bonchev–Trinajstić information content (AvgIpc) is 2.79. The Morgan fingerprint density at radius 2 is 1.18 bits per heavy atom. The van der Waals surface area contributed by atoms with Gasteiger partial charge in [-0.2, -0.15) is 0 Å². The Kier molecular flexibility index (Phi) is 7.87. The third-order valence-electron chi connectivity index (χ3n) is 5.31. The lowest BCUT2D eigenvalue weighted by molar-refractivity contribution is 0.340. The standard InChI is InChI=1S/C15H18F2OSi.C12H10F2O/c1-5-18-13-9-11-10(6-7-12(16)15(11)17)8-14(13)19(2,3)4;1-2-15-9-5-3-8-4-6-11(13)12(14)10(8)7-9/h6-9H,5H2,1-4H3;3-7H,2H2,1H3. The Labute approximate surface area is 198 Å². The number of benzene rings is 4. The minimum Gasteiger partial charge on any atom is -0.494 e. The van der Waals surface area contributed by atoms with Crippen LogP contribution in [0.3, 0.4) is 0 Å². The fourth-order valence-electron chi connectivity index (χ4n) is 3.64. The molecule has 0 radical (unpaired) electrons. The van der Waals surface area contributed by atoms with Gasteiger partial charge in [0.1, 0.15) is 11.5 Å². The van der Waals surface area contributed by atoms with Crippen molar-refractivity contribution < 1.29 is 27.0 Å². The maximum Gasteiger partial charge on any atom is 0.166 e. The zero-order valence-corrected chi connectivity index (χ0v) is 20.9. The Bertz CT molecular complexity index is 1320. The smallest absolute Gasteiger partial charge is 0.166 e. The summed E-state index contributed by atoms with van der Waals surface area (Å²) in [6.07, 6.45) is 0. The summed E-state index contributed by atoms with van der Waals surface area (Å²) in [5.74, 6) is -2.06. The normalized spacial score (nSPS) is 11.3. The van der Waals surface area contributed by atoms with Crippen LogP contribution in [0.4, 0.5) is 17.6 Å². The van der Waals surface area contributed by atoms with Crippen molar-refractivity contribution >= 4 is 34.8 Å². The van der Waals surface area contributed by atoms with Crippen molar-refractivity contribution in [3.63, 3.8) is 0 Å². The molecule has 0 atom stereocenters. The molecule has 0 saturated heterocycles. The van der Waals surface area contributed by atoms with Crippen LogP contribution in [0.1, 0.15) is 13.8 Å². The van der Waals surface area contributed by atoms with Gasteiger partial charge in [0, 0.05) is 10.8 Å². The van der Waals surface area contributed by atoms with Crippen molar-refractivity contribution in [1.82, 2.24) is 0 Å². The second kappa shape index (κ2) is 10.5. The molecular formula is C27H28F4O2Si. The number of rotatable bonds is 5. The van der Waals surface area contributed by atoms with E-state index in [1.165, 1.54) is 12.1 Å². The largest absolute Gasteiger partial charge is 0.494 e. The molecule has 34 heavy (non-hydrogen) atoms. The van der Waals surface area contributed by atoms with Gasteiger partial charge in [-0.15, -0.1) is 0 Å². The van der Waals surface area contributed by atoms with E-state index < -0.39 is 31.3 Å². The van der Waals surface area contributed by atoms with E-state index in [0.29, 0.717) is 30.1 Å². The third-order valence-corrected chi connectivity index (χ3v) is 7.31. The predicted octanol–water partition coefficient (Wildman–Crippen LogP) is 7.58. The van der Waals surface area contributed by atoms with Gasteiger partial charge in [0.15, 0.2) is 23.3 Å². The van der Waals surface area contributed by atoms with Gasteiger partial charge in [-0.25, -0.2) is 17.6 Å². The van der Waals surface area contributed by atoms with E-state index >= 15 is 0 Å². The molecule has 0 N–H and O–H groups in total. The third kappa shape index (κ3) is 5.52. The van der Waals surface area contributed by atoms with Gasteiger partial charge in [-0.05, 0) is 60.1 Å². The quantitative estimate of drug-likeness (QED) is 0.213. The van der Waals surface area contributed by atoms with Crippen molar-refractivity contribution in [2.45, 2.75) is 33.5 Å². The molecule has 0 bridgehead atoms. The number of halogens is 4. The van der Waals surface area contributed by atoms with Gasteiger partial charge < -0.3 is 9.47 Å². The fourth-order valence-corrected chi connectivity index (χ4v) is 5.11. The van der Waals surface area contributed by atoms with Crippen LogP contribution in [0.15, 0.2) is 54.6 Å². The number of hydrogen-bond acceptors (Lipinski definition) is 2. The number of hydrogen-bond donors (Lipinski definition) is 0. The molecule has 0 spiro atoms. The van der Waals surface area contributed by atoms with Crippen LogP contribution in [0.5, 0.6) is 11.5 Å². The molecule has 4 aromatic carbocycles. The Morgan fingerprint density at radius 3 is 1.74 bits per heavy atom. The highest BCUT2D eigenvalue weighted by Crippen LogP contribution is 2.27. The van der Waals surface area contributed by atoms with E-state index in [1.807, 2.05) is 19.9 Å². The molecule has 7 heteroatoms. The highest BCUT2D eigenvalue weighted by atomic mass is 28.3. The average molecular weight is 489 g/mol. The van der Waals surface area contributed by atoms with Gasteiger partial charge in [-0.1, -0.05) is 43.9 Å². The molecule has 0 saturated carbocycles. The first-order valence-corrected chi connectivity index (χ1v) is 14.6. The molecule has 0 fully saturated rings. The summed E-state index contributed by atoms with van der Waals surface area (Å²) in [6, 6.07) is 14.0. The molecule has 0 aliphatic carbocycles. The zero-order valence-electron chi connectivity index (χ0n) is 19.9. The van der Waals surface area contributed by atoms with E-state index in [2.05, 4.69) is 19.6 Å². The first-order chi connectivity index (χ1) is 16.1. The van der Waals surface area contributed by atoms with Gasteiger partial charge in [0.05, 0.1) is 21.3 Å². The van der Waals surface area contributed by atoms with Crippen LogP contribution in [-0.4, -0.2) is 21.3 Å². The van der Waals surface area contributed by atoms with Crippen LogP contribution in [0.25, 0.3) is 21.5 Å². The van der Waals surface area contributed by atoms with Gasteiger partial charge in [0.2, 0.25) is 0 Å². The lowest BCUT2D eigenvalue weighted by atomic mass is 10.1. The Balaban J connectivity index is 0.000000196. The van der Waals surface area contributed by atoms with Crippen LogP contribution in [-0.2, 0) is 0 Å². The minimum atomic E-state index is -1.60. The highest BCUT2D eigenvalue weighted by Gasteiger charge is 2.23. The summed E-state index contributed by atoms with van der Waals surface area (Å²) in [7, 11) is -1.60. The van der Waals surface area contributed by atoms with E-state index in [-0.39, 0.29) is 10.8 Å². The summed E-state index contributed by atoms with van der Waals surface area (Å²) >= 11 is 0. The summed E-state index contributed by atoms with van der Waals surface area (Å²) in [5, 5.41) is 3.05. The van der Waals surface area contributed by atoms with Crippen molar-refractivity contribution in [3.8, 4) is 11.5 Å². The number of fused-ring (bicyclic) bond motifs is 2. The molecule has 0 amide bonds. The van der Waals surface area contributed by atoms with Crippen molar-refractivity contribution in [1.29, 1.82) is 0 Å². The molecule has 0 aliphatic rings. The summed E-state index contributed by atoms with van der Waals surface area (Å²) < 4.78 is 64.3. The van der Waals surface area contributed by atoms with Gasteiger partial charge in [0.25, 0.3) is 0 Å². The Hall–Kier alpha value is -3.06. The van der Waals surface area contributed by atoms with E-state index in [9.17, 15) is 17.6 Å². The fraction of sp³-hybridized carbons (Fsp3) is 0.259. The minimum absolute atomic E-state index is 0.251. The highest BCUT2D eigenvalue weighted by molar-refractivity contribution is 6.89. The first-order valence-electron chi connectivity index (χ1n) is 11.1. The molecule has 2 nitrogen and oxygen atoms in total. The second-order valence-corrected chi connectivity index (χ2v) is 13.8. The van der Waals surface area contributed by atoms with Crippen LogP contribution < -0.4 is 14.7 Å². The molecule has 0 heterocycles. The lowest BCUT2D eigenvalue weighted by Crippen LogP contribution is -2.38. The van der Waals surface area contributed by atoms with E-state index in [1.54, 1.807) is 30.3 Å². The number of ether oxygens (including phenoxy) is 2. The monoisotopic (exact) mass is 488 g/mol. The van der Waals surface area contributed by atoms with Crippen LogP contribution in [0, 0.1) is 23.3 Å². The van der Waals surface area contributed by atoms with E-state index in [0.717, 1.165) is 16.6 Å². The van der Waals surface area contributed by atoms with Crippen molar-refractivity contribution in [2.24, 2.45) is 0 Å². The molecule has 180 valence electrons. The maximum absolute atomic E-state index is 13.8. The molecule has 4 rings (SSSR count). The molecular weight excluding hydrogens is 460 g/mol. The van der Waals surface area contributed by atoms with Crippen LogP contribution >= 0.6 is 0 Å². The van der Waals surface area contributed by atoms with Crippen molar-refractivity contribution in [2.75, 3.05) is 13.2 Å². The van der Waals surface area contributed by atoms with E-state index in [4.69, 9.17) is 9.47 Å². The second-order valence-electron chi connectivity index (χ2n) is 8.79. The lowest BCUT2D eigenvalue weighted by Gasteiger charge is -2.21. The van der Waals surface area contributed by atoms with Gasteiger partial charge in [-0.3, -0.25) is 0 Å². The van der Waals surface area contributed by atoms with Crippen LogP contribution in [0.2, 0.25) is 19.6 Å². The molecule has 0 aromatic heterocycles. The zero-order chi connectivity index (χ0) is 25.0. The SMILES string of the molecule is CCOc1cc2c(F)c(F)ccc2cc1[Si](C)(C)C.CCOc1ccc2ccc(F)c(F)c2c1. The molecule has 4 aromatic rings. The Morgan fingerprint density at radius 1 is 0.647 bits per heavy atom. The topological polar surface area (TPSA) is 18.5 Å². The predicted molar refractivity (Wildman–Crippen MR) is 133 cm³/mol. The maximum atomic E-state index is 13.8. The summed E-state index contributed by atoms with van der Waals surface area (Å²) in [4.78, 5) is 0. The molecule has 0 aliphatic heterocycles. The van der Waals surface area contributed by atoms with Gasteiger partial charge >= 0.3 is 0 Å². The summed E-state index contributed by atoms with van der Waals surface area (Å²) in [6.45, 7) is 11.4. The first kappa shape index (κ1) is 25.6. The summed E-state index contributed by atoms with van der Waals surface area (Å²) in [5.41, 5.74) is 0.